The van der Waals surface area contributed by atoms with Crippen LogP contribution in [-0.4, -0.2) is 25.7 Å². The van der Waals surface area contributed by atoms with Crippen molar-refractivity contribution in [1.29, 1.82) is 0 Å². The molecule has 1 aliphatic rings. The standard InChI is InChI=1S/C13H15ClO4S/c1-19(17,18)11-7-9(6-10(14)8-11)13(12(15)16)4-2-3-5-13/h6-8H,2-5H2,1H3,(H,15,16). The van der Waals surface area contributed by atoms with Gasteiger partial charge in [-0.05, 0) is 36.6 Å². The number of sulfone groups is 1. The average Bonchev–Trinajstić information content (AvgIpc) is 2.77. The molecule has 0 amide bonds. The fourth-order valence-corrected chi connectivity index (χ4v) is 3.64. The number of rotatable bonds is 3. The number of carboxylic acids is 1. The van der Waals surface area contributed by atoms with Crippen molar-refractivity contribution < 1.29 is 18.3 Å². The molecule has 6 heteroatoms. The molecule has 1 aliphatic carbocycles. The van der Waals surface area contributed by atoms with E-state index in [1.54, 1.807) is 6.07 Å². The van der Waals surface area contributed by atoms with Gasteiger partial charge in [-0.15, -0.1) is 0 Å². The minimum atomic E-state index is -3.41. The van der Waals surface area contributed by atoms with Crippen molar-refractivity contribution in [3.8, 4) is 0 Å². The Hall–Kier alpha value is -1.07. The second kappa shape index (κ2) is 4.80. The van der Waals surface area contributed by atoms with Gasteiger partial charge in [-0.1, -0.05) is 24.4 Å². The Balaban J connectivity index is 2.62. The molecule has 0 heterocycles. The van der Waals surface area contributed by atoms with Gasteiger partial charge in [-0.25, -0.2) is 8.42 Å². The molecular formula is C13H15ClO4S. The number of aliphatic carboxylic acids is 1. The fourth-order valence-electron chi connectivity index (χ4n) is 2.66. The molecule has 1 fully saturated rings. The lowest BCUT2D eigenvalue weighted by atomic mass is 9.79. The van der Waals surface area contributed by atoms with Crippen LogP contribution in [0, 0.1) is 0 Å². The maximum absolute atomic E-state index is 11.6. The van der Waals surface area contributed by atoms with Gasteiger partial charge in [0, 0.05) is 11.3 Å². The summed E-state index contributed by atoms with van der Waals surface area (Å²) in [6.07, 6.45) is 3.78. The lowest BCUT2D eigenvalue weighted by Crippen LogP contribution is -2.32. The van der Waals surface area contributed by atoms with E-state index in [0.717, 1.165) is 19.1 Å². The Labute approximate surface area is 117 Å². The van der Waals surface area contributed by atoms with E-state index in [1.807, 2.05) is 0 Å². The first-order valence-corrected chi connectivity index (χ1v) is 8.27. The lowest BCUT2D eigenvalue weighted by Gasteiger charge is -2.25. The third-order valence-electron chi connectivity index (χ3n) is 3.72. The largest absolute Gasteiger partial charge is 0.481 e. The maximum atomic E-state index is 11.6. The fraction of sp³-hybridized carbons (Fsp3) is 0.462. The van der Waals surface area contributed by atoms with Gasteiger partial charge < -0.3 is 5.11 Å². The number of carbonyl (C=O) groups is 1. The second-order valence-electron chi connectivity index (χ2n) is 5.04. The molecule has 0 unspecified atom stereocenters. The monoisotopic (exact) mass is 302 g/mol. The molecule has 0 aromatic heterocycles. The van der Waals surface area contributed by atoms with E-state index in [0.29, 0.717) is 18.4 Å². The normalized spacial score (nSPS) is 18.4. The van der Waals surface area contributed by atoms with E-state index in [2.05, 4.69) is 0 Å². The minimum absolute atomic E-state index is 0.0718. The summed E-state index contributed by atoms with van der Waals surface area (Å²) in [5.74, 6) is -0.910. The molecule has 0 aliphatic heterocycles. The zero-order valence-electron chi connectivity index (χ0n) is 10.5. The Morgan fingerprint density at radius 2 is 1.84 bits per heavy atom. The van der Waals surface area contributed by atoms with E-state index < -0.39 is 21.2 Å². The lowest BCUT2D eigenvalue weighted by molar-refractivity contribution is -0.143. The minimum Gasteiger partial charge on any atom is -0.481 e. The van der Waals surface area contributed by atoms with Crippen LogP contribution in [0.5, 0.6) is 0 Å². The molecule has 0 bridgehead atoms. The molecule has 19 heavy (non-hydrogen) atoms. The van der Waals surface area contributed by atoms with Crippen molar-refractivity contribution in [2.24, 2.45) is 0 Å². The molecular weight excluding hydrogens is 288 g/mol. The van der Waals surface area contributed by atoms with Crippen LogP contribution < -0.4 is 0 Å². The van der Waals surface area contributed by atoms with Gasteiger partial charge in [-0.3, -0.25) is 4.79 Å². The summed E-state index contributed by atoms with van der Waals surface area (Å²) in [6, 6.07) is 4.36. The number of hydrogen-bond acceptors (Lipinski definition) is 3. The molecule has 0 radical (unpaired) electrons. The molecule has 0 spiro atoms. The van der Waals surface area contributed by atoms with Crippen LogP contribution in [0.15, 0.2) is 23.1 Å². The van der Waals surface area contributed by atoms with Crippen molar-refractivity contribution in [3.05, 3.63) is 28.8 Å². The highest BCUT2D eigenvalue weighted by molar-refractivity contribution is 7.90. The van der Waals surface area contributed by atoms with Crippen LogP contribution >= 0.6 is 11.6 Å². The number of benzene rings is 1. The topological polar surface area (TPSA) is 71.4 Å². The van der Waals surface area contributed by atoms with E-state index in [-0.39, 0.29) is 9.92 Å². The zero-order valence-corrected chi connectivity index (χ0v) is 12.1. The predicted octanol–water partition coefficient (Wildman–Crippen LogP) is 2.64. The zero-order chi connectivity index (χ0) is 14.3. The third-order valence-corrected chi connectivity index (χ3v) is 5.03. The Kier molecular flexibility index (Phi) is 3.62. The van der Waals surface area contributed by atoms with E-state index in [1.165, 1.54) is 12.1 Å². The summed E-state index contributed by atoms with van der Waals surface area (Å²) in [4.78, 5) is 11.7. The van der Waals surface area contributed by atoms with Gasteiger partial charge in [0.15, 0.2) is 9.84 Å². The van der Waals surface area contributed by atoms with Crippen molar-refractivity contribution >= 4 is 27.4 Å². The first-order chi connectivity index (χ1) is 8.75. The van der Waals surface area contributed by atoms with Crippen molar-refractivity contribution in [2.75, 3.05) is 6.26 Å². The van der Waals surface area contributed by atoms with Crippen LogP contribution in [0.4, 0.5) is 0 Å². The van der Waals surface area contributed by atoms with Crippen LogP contribution in [-0.2, 0) is 20.0 Å². The Bertz CT molecular complexity index is 616. The van der Waals surface area contributed by atoms with E-state index >= 15 is 0 Å². The second-order valence-corrected chi connectivity index (χ2v) is 7.49. The highest BCUT2D eigenvalue weighted by Crippen LogP contribution is 2.42. The molecule has 4 nitrogen and oxygen atoms in total. The van der Waals surface area contributed by atoms with Crippen LogP contribution in [0.2, 0.25) is 5.02 Å². The Morgan fingerprint density at radius 3 is 2.32 bits per heavy atom. The summed E-state index contributed by atoms with van der Waals surface area (Å²) in [6.45, 7) is 0. The molecule has 2 rings (SSSR count). The molecule has 1 aromatic rings. The molecule has 1 saturated carbocycles. The van der Waals surface area contributed by atoms with E-state index in [4.69, 9.17) is 11.6 Å². The number of carboxylic acid groups (broad SMARTS) is 1. The van der Waals surface area contributed by atoms with Gasteiger partial charge in [0.2, 0.25) is 0 Å². The smallest absolute Gasteiger partial charge is 0.314 e. The van der Waals surface area contributed by atoms with Gasteiger partial charge in [0.05, 0.1) is 10.3 Å². The SMILES string of the molecule is CS(=O)(=O)c1cc(Cl)cc(C2(C(=O)O)CCCC2)c1. The Morgan fingerprint density at radius 1 is 1.26 bits per heavy atom. The molecule has 0 atom stereocenters. The molecule has 0 saturated heterocycles. The summed E-state index contributed by atoms with van der Waals surface area (Å²) < 4.78 is 23.2. The van der Waals surface area contributed by atoms with Crippen molar-refractivity contribution in [3.63, 3.8) is 0 Å². The first kappa shape index (κ1) is 14.3. The van der Waals surface area contributed by atoms with Gasteiger partial charge >= 0.3 is 5.97 Å². The van der Waals surface area contributed by atoms with Crippen molar-refractivity contribution in [1.82, 2.24) is 0 Å². The molecule has 1 aromatic carbocycles. The molecule has 1 N–H and O–H groups in total. The van der Waals surface area contributed by atoms with Gasteiger partial charge in [0.1, 0.15) is 0 Å². The highest BCUT2D eigenvalue weighted by atomic mass is 35.5. The highest BCUT2D eigenvalue weighted by Gasteiger charge is 2.43. The first-order valence-electron chi connectivity index (χ1n) is 6.00. The summed E-state index contributed by atoms with van der Waals surface area (Å²) >= 11 is 5.94. The summed E-state index contributed by atoms with van der Waals surface area (Å²) in [7, 11) is -3.41. The van der Waals surface area contributed by atoms with Crippen LogP contribution in [0.1, 0.15) is 31.2 Å². The maximum Gasteiger partial charge on any atom is 0.314 e. The van der Waals surface area contributed by atoms with Crippen molar-refractivity contribution in [2.45, 2.75) is 36.0 Å². The average molecular weight is 303 g/mol. The third kappa shape index (κ3) is 2.62. The number of hydrogen-bond donors (Lipinski definition) is 1. The van der Waals surface area contributed by atoms with Crippen LogP contribution in [0.25, 0.3) is 0 Å². The van der Waals surface area contributed by atoms with E-state index in [9.17, 15) is 18.3 Å². The molecule has 104 valence electrons. The quantitative estimate of drug-likeness (QED) is 0.931. The van der Waals surface area contributed by atoms with Crippen LogP contribution in [0.3, 0.4) is 0 Å². The summed E-state index contributed by atoms with van der Waals surface area (Å²) in [5, 5.41) is 9.76. The number of halogens is 1. The van der Waals surface area contributed by atoms with Gasteiger partial charge in [-0.2, -0.15) is 0 Å². The predicted molar refractivity (Wildman–Crippen MR) is 72.3 cm³/mol. The summed E-state index contributed by atoms with van der Waals surface area (Å²) in [5.41, 5.74) is -0.505. The van der Waals surface area contributed by atoms with Gasteiger partial charge in [0.25, 0.3) is 0 Å².